The first-order chi connectivity index (χ1) is 7.41. The first-order valence-corrected chi connectivity index (χ1v) is 5.26. The van der Waals surface area contributed by atoms with Crippen LogP contribution < -0.4 is 11.1 Å². The smallest absolute Gasteiger partial charge is 0.253 e. The Morgan fingerprint density at radius 1 is 1.50 bits per heavy atom. The second-order valence-corrected chi connectivity index (χ2v) is 4.08. The van der Waals surface area contributed by atoms with Gasteiger partial charge in [0, 0.05) is 4.47 Å². The van der Waals surface area contributed by atoms with E-state index in [1.54, 1.807) is 0 Å². The summed E-state index contributed by atoms with van der Waals surface area (Å²) in [5.74, 6) is -1.74. The molecule has 0 spiro atoms. The molecule has 0 aliphatic heterocycles. The molecule has 6 heteroatoms. The van der Waals surface area contributed by atoms with Crippen molar-refractivity contribution in [1.29, 1.82) is 0 Å². The molecule has 0 radical (unpaired) electrons. The molecule has 1 aromatic carbocycles. The van der Waals surface area contributed by atoms with E-state index in [4.69, 9.17) is 5.73 Å². The Labute approximate surface area is 100 Å². The zero-order valence-corrected chi connectivity index (χ0v) is 10.0. The van der Waals surface area contributed by atoms with Gasteiger partial charge in [0.25, 0.3) is 5.91 Å². The highest BCUT2D eigenvalue weighted by atomic mass is 79.9. The molecule has 0 saturated carbocycles. The van der Waals surface area contributed by atoms with Crippen LogP contribution in [-0.4, -0.2) is 17.9 Å². The SMILES string of the molecule is C[C@H](NC(=O)c1cc(F)ccc1Br)C(N)=O. The summed E-state index contributed by atoms with van der Waals surface area (Å²) in [7, 11) is 0. The lowest BCUT2D eigenvalue weighted by molar-refractivity contribution is -0.119. The van der Waals surface area contributed by atoms with E-state index in [9.17, 15) is 14.0 Å². The Hall–Kier alpha value is -1.43. The molecule has 0 aliphatic rings. The van der Waals surface area contributed by atoms with Crippen LogP contribution >= 0.6 is 15.9 Å². The van der Waals surface area contributed by atoms with E-state index in [0.717, 1.165) is 6.07 Å². The van der Waals surface area contributed by atoms with Gasteiger partial charge in [-0.3, -0.25) is 9.59 Å². The lowest BCUT2D eigenvalue weighted by Crippen LogP contribution is -2.42. The van der Waals surface area contributed by atoms with E-state index in [1.807, 2.05) is 0 Å². The van der Waals surface area contributed by atoms with Gasteiger partial charge in [-0.2, -0.15) is 0 Å². The molecule has 86 valence electrons. The maximum atomic E-state index is 12.9. The Bertz CT molecular complexity index is 437. The summed E-state index contributed by atoms with van der Waals surface area (Å²) in [5, 5.41) is 2.35. The highest BCUT2D eigenvalue weighted by molar-refractivity contribution is 9.10. The molecule has 3 N–H and O–H groups in total. The van der Waals surface area contributed by atoms with Crippen molar-refractivity contribution in [2.45, 2.75) is 13.0 Å². The van der Waals surface area contributed by atoms with Gasteiger partial charge in [0.15, 0.2) is 0 Å². The van der Waals surface area contributed by atoms with Gasteiger partial charge in [-0.15, -0.1) is 0 Å². The Morgan fingerprint density at radius 2 is 2.12 bits per heavy atom. The van der Waals surface area contributed by atoms with Crippen LogP contribution in [0.25, 0.3) is 0 Å². The highest BCUT2D eigenvalue weighted by Crippen LogP contribution is 2.17. The fraction of sp³-hybridized carbons (Fsp3) is 0.200. The maximum absolute atomic E-state index is 12.9. The third-order valence-corrected chi connectivity index (χ3v) is 2.64. The minimum absolute atomic E-state index is 0.119. The summed E-state index contributed by atoms with van der Waals surface area (Å²) in [6.07, 6.45) is 0. The predicted octanol–water partition coefficient (Wildman–Crippen LogP) is 1.19. The van der Waals surface area contributed by atoms with Crippen LogP contribution in [0.15, 0.2) is 22.7 Å². The topological polar surface area (TPSA) is 72.2 Å². The third-order valence-electron chi connectivity index (χ3n) is 1.95. The molecular formula is C10H10BrFN2O2. The minimum atomic E-state index is -0.803. The van der Waals surface area contributed by atoms with Crippen molar-refractivity contribution in [3.05, 3.63) is 34.1 Å². The Morgan fingerprint density at radius 3 is 2.69 bits per heavy atom. The summed E-state index contributed by atoms with van der Waals surface area (Å²) in [6, 6.07) is 2.91. The van der Waals surface area contributed by atoms with Crippen molar-refractivity contribution in [2.75, 3.05) is 0 Å². The van der Waals surface area contributed by atoms with Crippen LogP contribution in [0.2, 0.25) is 0 Å². The number of carbonyl (C=O) groups excluding carboxylic acids is 2. The zero-order valence-electron chi connectivity index (χ0n) is 8.46. The van der Waals surface area contributed by atoms with Crippen molar-refractivity contribution in [3.63, 3.8) is 0 Å². The summed E-state index contributed by atoms with van der Waals surface area (Å²) in [6.45, 7) is 1.45. The third kappa shape index (κ3) is 3.03. The number of hydrogen-bond acceptors (Lipinski definition) is 2. The molecule has 1 rings (SSSR count). The number of amides is 2. The molecule has 4 nitrogen and oxygen atoms in total. The first kappa shape index (κ1) is 12.6. The van der Waals surface area contributed by atoms with Crippen LogP contribution in [0.5, 0.6) is 0 Å². The Balaban J connectivity index is 2.88. The second kappa shape index (κ2) is 5.07. The number of benzene rings is 1. The largest absolute Gasteiger partial charge is 0.368 e. The summed E-state index contributed by atoms with van der Waals surface area (Å²) < 4.78 is 13.4. The van der Waals surface area contributed by atoms with Gasteiger partial charge in [0.1, 0.15) is 11.9 Å². The van der Waals surface area contributed by atoms with Crippen molar-refractivity contribution in [1.82, 2.24) is 5.32 Å². The molecule has 0 unspecified atom stereocenters. The lowest BCUT2D eigenvalue weighted by atomic mass is 10.2. The van der Waals surface area contributed by atoms with Gasteiger partial charge >= 0.3 is 0 Å². The fourth-order valence-electron chi connectivity index (χ4n) is 1.02. The number of hydrogen-bond donors (Lipinski definition) is 2. The highest BCUT2D eigenvalue weighted by Gasteiger charge is 2.16. The predicted molar refractivity (Wildman–Crippen MR) is 60.2 cm³/mol. The van der Waals surface area contributed by atoms with E-state index in [1.165, 1.54) is 19.1 Å². The molecule has 2 amide bonds. The number of halogens is 2. The van der Waals surface area contributed by atoms with Crippen LogP contribution in [0.4, 0.5) is 4.39 Å². The number of primary amides is 1. The van der Waals surface area contributed by atoms with Gasteiger partial charge in [-0.1, -0.05) is 0 Å². The second-order valence-electron chi connectivity index (χ2n) is 3.22. The molecular weight excluding hydrogens is 279 g/mol. The van der Waals surface area contributed by atoms with Gasteiger partial charge in [-0.25, -0.2) is 4.39 Å². The monoisotopic (exact) mass is 288 g/mol. The molecule has 0 fully saturated rings. The van der Waals surface area contributed by atoms with Gasteiger partial charge in [0.2, 0.25) is 5.91 Å². The van der Waals surface area contributed by atoms with Crippen LogP contribution in [0.3, 0.4) is 0 Å². The average molecular weight is 289 g/mol. The molecule has 0 aliphatic carbocycles. The summed E-state index contributed by atoms with van der Waals surface area (Å²) in [4.78, 5) is 22.4. The van der Waals surface area contributed by atoms with Gasteiger partial charge in [0.05, 0.1) is 5.56 Å². The van der Waals surface area contributed by atoms with Crippen LogP contribution in [0.1, 0.15) is 17.3 Å². The van der Waals surface area contributed by atoms with E-state index in [-0.39, 0.29) is 5.56 Å². The molecule has 0 heterocycles. The van der Waals surface area contributed by atoms with E-state index in [0.29, 0.717) is 4.47 Å². The Kier molecular flexibility index (Phi) is 4.00. The molecule has 16 heavy (non-hydrogen) atoms. The van der Waals surface area contributed by atoms with Gasteiger partial charge < -0.3 is 11.1 Å². The van der Waals surface area contributed by atoms with E-state index < -0.39 is 23.7 Å². The number of rotatable bonds is 3. The molecule has 0 bridgehead atoms. The van der Waals surface area contributed by atoms with Crippen LogP contribution in [-0.2, 0) is 4.79 Å². The maximum Gasteiger partial charge on any atom is 0.253 e. The lowest BCUT2D eigenvalue weighted by Gasteiger charge is -2.11. The molecule has 1 atom stereocenters. The standard InChI is InChI=1S/C10H10BrFN2O2/c1-5(9(13)15)14-10(16)7-4-6(12)2-3-8(7)11/h2-5H,1H3,(H2,13,15)(H,14,16)/t5-/m0/s1. The fourth-order valence-corrected chi connectivity index (χ4v) is 1.44. The summed E-state index contributed by atoms with van der Waals surface area (Å²) >= 11 is 3.11. The average Bonchev–Trinajstić information content (AvgIpc) is 2.21. The van der Waals surface area contributed by atoms with E-state index >= 15 is 0 Å². The van der Waals surface area contributed by atoms with Gasteiger partial charge in [-0.05, 0) is 41.1 Å². The van der Waals surface area contributed by atoms with E-state index in [2.05, 4.69) is 21.2 Å². The summed E-state index contributed by atoms with van der Waals surface area (Å²) in [5.41, 5.74) is 5.11. The van der Waals surface area contributed by atoms with Crippen molar-refractivity contribution in [3.8, 4) is 0 Å². The normalized spacial score (nSPS) is 11.9. The molecule has 0 aromatic heterocycles. The first-order valence-electron chi connectivity index (χ1n) is 4.47. The number of carbonyl (C=O) groups is 2. The minimum Gasteiger partial charge on any atom is -0.368 e. The van der Waals surface area contributed by atoms with Crippen molar-refractivity contribution < 1.29 is 14.0 Å². The number of nitrogens with one attached hydrogen (secondary N) is 1. The van der Waals surface area contributed by atoms with Crippen molar-refractivity contribution in [2.24, 2.45) is 5.73 Å². The number of nitrogens with two attached hydrogens (primary N) is 1. The quantitative estimate of drug-likeness (QED) is 0.877. The zero-order chi connectivity index (χ0) is 12.3. The van der Waals surface area contributed by atoms with Crippen molar-refractivity contribution >= 4 is 27.7 Å². The molecule has 0 saturated heterocycles. The molecule has 1 aromatic rings. The van der Waals surface area contributed by atoms with Crippen LogP contribution in [0, 0.1) is 5.82 Å².